The van der Waals surface area contributed by atoms with Crippen LogP contribution in [0.15, 0.2) is 52.3 Å². The maximum atomic E-state index is 13.1. The molecule has 3 heterocycles. The number of carbonyl (C=O) groups is 1. The summed E-state index contributed by atoms with van der Waals surface area (Å²) in [4.78, 5) is 24.2. The second-order valence-corrected chi connectivity index (χ2v) is 9.13. The zero-order chi connectivity index (χ0) is 21.8. The fraction of sp³-hybridized carbons (Fsp3) is 0.350. The van der Waals surface area contributed by atoms with Crippen molar-refractivity contribution in [2.75, 3.05) is 20.2 Å². The predicted octanol–water partition coefficient (Wildman–Crippen LogP) is 1.96. The highest BCUT2D eigenvalue weighted by Gasteiger charge is 2.31. The third-order valence-electron chi connectivity index (χ3n) is 5.12. The van der Waals surface area contributed by atoms with Gasteiger partial charge in [-0.15, -0.1) is 0 Å². The lowest BCUT2D eigenvalue weighted by Gasteiger charge is -2.31. The molecule has 0 spiro atoms. The molecular formula is C20H21N5O5S. The fourth-order valence-electron chi connectivity index (χ4n) is 3.55. The monoisotopic (exact) mass is 443 g/mol. The molecule has 0 saturated carbocycles. The number of esters is 1. The van der Waals surface area contributed by atoms with Crippen molar-refractivity contribution in [1.82, 2.24) is 24.4 Å². The molecule has 1 aliphatic rings. The summed E-state index contributed by atoms with van der Waals surface area (Å²) in [5, 5.41) is 3.94. The van der Waals surface area contributed by atoms with Gasteiger partial charge in [-0.05, 0) is 43.0 Å². The number of benzene rings is 1. The number of methoxy groups -OCH3 is 1. The molecule has 1 atom stereocenters. The van der Waals surface area contributed by atoms with Crippen LogP contribution < -0.4 is 0 Å². The van der Waals surface area contributed by atoms with Crippen LogP contribution in [0, 0.1) is 5.92 Å². The van der Waals surface area contributed by atoms with E-state index in [1.807, 2.05) is 0 Å². The molecule has 1 aromatic carbocycles. The van der Waals surface area contributed by atoms with E-state index in [2.05, 4.69) is 24.8 Å². The van der Waals surface area contributed by atoms with E-state index in [1.165, 1.54) is 35.7 Å². The molecule has 0 amide bonds. The van der Waals surface area contributed by atoms with E-state index in [4.69, 9.17) is 4.52 Å². The molecule has 2 aromatic heterocycles. The largest absolute Gasteiger partial charge is 0.465 e. The van der Waals surface area contributed by atoms with Crippen LogP contribution in [0.4, 0.5) is 0 Å². The second kappa shape index (κ2) is 8.90. The van der Waals surface area contributed by atoms with Gasteiger partial charge in [-0.2, -0.15) is 9.29 Å². The smallest absolute Gasteiger partial charge is 0.337 e. The first-order chi connectivity index (χ1) is 15.0. The molecule has 3 aromatic rings. The average molecular weight is 443 g/mol. The molecule has 0 aliphatic carbocycles. The van der Waals surface area contributed by atoms with Gasteiger partial charge in [0, 0.05) is 31.9 Å². The molecular weight excluding hydrogens is 422 g/mol. The average Bonchev–Trinajstić information content (AvgIpc) is 3.28. The number of ether oxygens (including phenoxy) is 1. The van der Waals surface area contributed by atoms with Crippen molar-refractivity contribution >= 4 is 16.0 Å². The van der Waals surface area contributed by atoms with Gasteiger partial charge >= 0.3 is 5.97 Å². The minimum atomic E-state index is -3.68. The number of aromatic nitrogens is 4. The van der Waals surface area contributed by atoms with Crippen LogP contribution in [0.3, 0.4) is 0 Å². The van der Waals surface area contributed by atoms with Crippen molar-refractivity contribution in [2.24, 2.45) is 5.92 Å². The first-order valence-electron chi connectivity index (χ1n) is 9.75. The summed E-state index contributed by atoms with van der Waals surface area (Å²) in [6.07, 6.45) is 6.72. The lowest BCUT2D eigenvalue weighted by Crippen LogP contribution is -2.40. The molecule has 0 bridgehead atoms. The van der Waals surface area contributed by atoms with Crippen LogP contribution in [-0.4, -0.2) is 59.0 Å². The number of hydrogen-bond donors (Lipinski definition) is 0. The Morgan fingerprint density at radius 3 is 2.77 bits per heavy atom. The molecule has 0 N–H and O–H groups in total. The Bertz CT molecular complexity index is 1150. The second-order valence-electron chi connectivity index (χ2n) is 7.19. The Balaban J connectivity index is 1.44. The molecule has 10 nitrogen and oxygen atoms in total. The van der Waals surface area contributed by atoms with Crippen molar-refractivity contribution < 1.29 is 22.5 Å². The number of carbonyl (C=O) groups excluding carboxylic acids is 1. The number of rotatable bonds is 6. The van der Waals surface area contributed by atoms with Crippen molar-refractivity contribution in [1.29, 1.82) is 0 Å². The number of nitrogens with zero attached hydrogens (tertiary/aromatic N) is 5. The maximum Gasteiger partial charge on any atom is 0.337 e. The van der Waals surface area contributed by atoms with Gasteiger partial charge in [0.05, 0.1) is 23.8 Å². The summed E-state index contributed by atoms with van der Waals surface area (Å²) in [5.74, 6) is 0.330. The SMILES string of the molecule is COC(=O)c1ccc(S(=O)(=O)N2CCC[C@H](Cc3nc(-c4cnccn4)no3)C2)cc1. The Hall–Kier alpha value is -3.18. The van der Waals surface area contributed by atoms with Gasteiger partial charge < -0.3 is 9.26 Å². The summed E-state index contributed by atoms with van der Waals surface area (Å²) in [7, 11) is -2.40. The predicted molar refractivity (Wildman–Crippen MR) is 108 cm³/mol. The lowest BCUT2D eigenvalue weighted by molar-refractivity contribution is 0.0600. The van der Waals surface area contributed by atoms with Crippen LogP contribution >= 0.6 is 0 Å². The van der Waals surface area contributed by atoms with E-state index in [0.717, 1.165) is 12.8 Å². The van der Waals surface area contributed by atoms with Gasteiger partial charge in [-0.3, -0.25) is 4.98 Å². The number of piperidine rings is 1. The van der Waals surface area contributed by atoms with Crippen molar-refractivity contribution in [3.8, 4) is 11.5 Å². The highest BCUT2D eigenvalue weighted by Crippen LogP contribution is 2.26. The molecule has 1 saturated heterocycles. The topological polar surface area (TPSA) is 128 Å². The van der Waals surface area contributed by atoms with Gasteiger partial charge in [0.25, 0.3) is 0 Å². The lowest BCUT2D eigenvalue weighted by atomic mass is 9.96. The van der Waals surface area contributed by atoms with Gasteiger partial charge in [0.2, 0.25) is 21.7 Å². The Morgan fingerprint density at radius 1 is 1.26 bits per heavy atom. The zero-order valence-electron chi connectivity index (χ0n) is 16.8. The first-order valence-corrected chi connectivity index (χ1v) is 11.2. The molecule has 4 rings (SSSR count). The molecule has 1 fully saturated rings. The van der Waals surface area contributed by atoms with Crippen LogP contribution in [0.25, 0.3) is 11.5 Å². The summed E-state index contributed by atoms with van der Waals surface area (Å²) < 4.78 is 37.6. The van der Waals surface area contributed by atoms with Crippen LogP contribution in [0.1, 0.15) is 29.1 Å². The molecule has 0 radical (unpaired) electrons. The maximum absolute atomic E-state index is 13.1. The van der Waals surface area contributed by atoms with Crippen LogP contribution in [-0.2, 0) is 21.2 Å². The quantitative estimate of drug-likeness (QED) is 0.525. The summed E-state index contributed by atoms with van der Waals surface area (Å²) >= 11 is 0. The minimum absolute atomic E-state index is 0.0491. The van der Waals surface area contributed by atoms with Gasteiger partial charge in [0.15, 0.2) is 0 Å². The third kappa shape index (κ3) is 4.62. The van der Waals surface area contributed by atoms with Gasteiger partial charge in [-0.1, -0.05) is 5.16 Å². The Kier molecular flexibility index (Phi) is 6.05. The Labute approximate surface area is 179 Å². The third-order valence-corrected chi connectivity index (χ3v) is 7.00. The van der Waals surface area contributed by atoms with E-state index in [0.29, 0.717) is 42.5 Å². The highest BCUT2D eigenvalue weighted by molar-refractivity contribution is 7.89. The van der Waals surface area contributed by atoms with Crippen molar-refractivity contribution in [2.45, 2.75) is 24.2 Å². The van der Waals surface area contributed by atoms with E-state index in [9.17, 15) is 13.2 Å². The standard InChI is InChI=1S/C20H21N5O5S/c1-29-20(26)15-4-6-16(7-5-15)31(27,28)25-10-2-3-14(13-25)11-18-23-19(24-30-18)17-12-21-8-9-22-17/h4-9,12,14H,2-3,10-11,13H2,1H3/t14-/m1/s1. The molecule has 31 heavy (non-hydrogen) atoms. The van der Waals surface area contributed by atoms with Crippen LogP contribution in [0.5, 0.6) is 0 Å². The Morgan fingerprint density at radius 2 is 2.06 bits per heavy atom. The molecule has 162 valence electrons. The minimum Gasteiger partial charge on any atom is -0.465 e. The molecule has 11 heteroatoms. The normalized spacial score (nSPS) is 17.4. The number of hydrogen-bond acceptors (Lipinski definition) is 9. The molecule has 1 aliphatic heterocycles. The molecule has 0 unspecified atom stereocenters. The van der Waals surface area contributed by atoms with E-state index < -0.39 is 16.0 Å². The zero-order valence-corrected chi connectivity index (χ0v) is 17.7. The first kappa shape index (κ1) is 21.1. The van der Waals surface area contributed by atoms with E-state index >= 15 is 0 Å². The number of sulfonamides is 1. The summed E-state index contributed by atoms with van der Waals surface area (Å²) in [6, 6.07) is 5.76. The summed E-state index contributed by atoms with van der Waals surface area (Å²) in [6.45, 7) is 0.788. The van der Waals surface area contributed by atoms with Gasteiger partial charge in [-0.25, -0.2) is 18.2 Å². The van der Waals surface area contributed by atoms with E-state index in [1.54, 1.807) is 18.6 Å². The van der Waals surface area contributed by atoms with Crippen molar-refractivity contribution in [3.05, 3.63) is 54.3 Å². The highest BCUT2D eigenvalue weighted by atomic mass is 32.2. The summed E-state index contributed by atoms with van der Waals surface area (Å²) in [5.41, 5.74) is 0.814. The van der Waals surface area contributed by atoms with E-state index in [-0.39, 0.29) is 10.8 Å². The van der Waals surface area contributed by atoms with Gasteiger partial charge in [0.1, 0.15) is 5.69 Å². The fourth-order valence-corrected chi connectivity index (χ4v) is 5.10. The van der Waals surface area contributed by atoms with Crippen LogP contribution in [0.2, 0.25) is 0 Å². The van der Waals surface area contributed by atoms with Crippen molar-refractivity contribution in [3.63, 3.8) is 0 Å².